The molecule has 2 radical (unpaired) electrons. The first-order chi connectivity index (χ1) is 4.31. The average Bonchev–Trinajstić information content (AvgIpc) is 1.85. The maximum atomic E-state index is 8.31. The van der Waals surface area contributed by atoms with Crippen LogP contribution in [0.4, 0.5) is 0 Å². The standard InChI is InChI=1S/C5H13NO2Si/c1-5(8-9-7)3-2-4-6/h5,7H,2-4,6H2,1H3. The van der Waals surface area contributed by atoms with Crippen molar-refractivity contribution in [3.05, 3.63) is 0 Å². The summed E-state index contributed by atoms with van der Waals surface area (Å²) in [5.74, 6) is 0. The lowest BCUT2D eigenvalue weighted by Gasteiger charge is -2.07. The van der Waals surface area contributed by atoms with Gasteiger partial charge in [-0.3, -0.25) is 0 Å². The highest BCUT2D eigenvalue weighted by Gasteiger charge is 1.99. The minimum Gasteiger partial charge on any atom is -0.409 e. The van der Waals surface area contributed by atoms with Crippen LogP contribution < -0.4 is 5.73 Å². The van der Waals surface area contributed by atoms with Gasteiger partial charge < -0.3 is 15.0 Å². The molecular formula is C5H13NO2Si. The van der Waals surface area contributed by atoms with Crippen LogP contribution in [0.3, 0.4) is 0 Å². The van der Waals surface area contributed by atoms with Crippen LogP contribution in [-0.2, 0) is 4.43 Å². The average molecular weight is 147 g/mol. The van der Waals surface area contributed by atoms with Gasteiger partial charge in [0, 0.05) is 6.10 Å². The Kier molecular flexibility index (Phi) is 6.29. The predicted octanol–water partition coefficient (Wildman–Crippen LogP) is -0.343. The van der Waals surface area contributed by atoms with Crippen molar-refractivity contribution < 1.29 is 9.22 Å². The lowest BCUT2D eigenvalue weighted by molar-refractivity contribution is 0.189. The van der Waals surface area contributed by atoms with E-state index in [1.165, 1.54) is 0 Å². The molecule has 0 rings (SSSR count). The summed E-state index contributed by atoms with van der Waals surface area (Å²) in [6.07, 6.45) is 2.05. The zero-order chi connectivity index (χ0) is 7.11. The summed E-state index contributed by atoms with van der Waals surface area (Å²) in [5.41, 5.74) is 5.26. The minimum absolute atomic E-state index is 0.150. The normalized spacial score (nSPS) is 13.7. The second kappa shape index (κ2) is 6.22. The van der Waals surface area contributed by atoms with Gasteiger partial charge in [0.1, 0.15) is 0 Å². The molecule has 3 nitrogen and oxygen atoms in total. The summed E-state index contributed by atoms with van der Waals surface area (Å²) in [6.45, 7) is 2.63. The molecule has 0 aliphatic rings. The number of nitrogens with two attached hydrogens (primary N) is 1. The number of hydrogen-bond donors (Lipinski definition) is 2. The molecule has 0 saturated carbocycles. The molecule has 4 heteroatoms. The molecule has 0 fully saturated rings. The van der Waals surface area contributed by atoms with E-state index in [0.29, 0.717) is 6.54 Å². The minimum atomic E-state index is -0.391. The highest BCUT2D eigenvalue weighted by molar-refractivity contribution is 6.15. The first kappa shape index (κ1) is 9.10. The maximum Gasteiger partial charge on any atom is 0.430 e. The van der Waals surface area contributed by atoms with E-state index in [4.69, 9.17) is 15.0 Å². The Hall–Kier alpha value is 0.0969. The molecule has 0 heterocycles. The van der Waals surface area contributed by atoms with Crippen LogP contribution in [-0.4, -0.2) is 27.5 Å². The van der Waals surface area contributed by atoms with Crippen molar-refractivity contribution in [1.29, 1.82) is 0 Å². The van der Waals surface area contributed by atoms with Crippen LogP contribution in [0.2, 0.25) is 0 Å². The van der Waals surface area contributed by atoms with Crippen molar-refractivity contribution in [3.63, 3.8) is 0 Å². The summed E-state index contributed by atoms with van der Waals surface area (Å²) >= 11 is 0. The van der Waals surface area contributed by atoms with E-state index in [0.717, 1.165) is 12.8 Å². The van der Waals surface area contributed by atoms with Crippen LogP contribution in [0.1, 0.15) is 19.8 Å². The Labute approximate surface area is 58.3 Å². The molecular weight excluding hydrogens is 134 g/mol. The zero-order valence-corrected chi connectivity index (χ0v) is 6.63. The van der Waals surface area contributed by atoms with E-state index in [-0.39, 0.29) is 6.10 Å². The predicted molar refractivity (Wildman–Crippen MR) is 36.8 cm³/mol. The topological polar surface area (TPSA) is 55.5 Å². The SMILES string of the molecule is CC(CCCN)O[Si]O. The smallest absolute Gasteiger partial charge is 0.409 e. The molecule has 0 saturated heterocycles. The lowest BCUT2D eigenvalue weighted by atomic mass is 10.2. The molecule has 0 amide bonds. The molecule has 0 aliphatic heterocycles. The van der Waals surface area contributed by atoms with Crippen molar-refractivity contribution in [3.8, 4) is 0 Å². The molecule has 0 aromatic carbocycles. The van der Waals surface area contributed by atoms with Crippen molar-refractivity contribution in [1.82, 2.24) is 0 Å². The third-order valence-electron chi connectivity index (χ3n) is 1.07. The molecule has 9 heavy (non-hydrogen) atoms. The van der Waals surface area contributed by atoms with E-state index >= 15 is 0 Å². The van der Waals surface area contributed by atoms with Gasteiger partial charge in [0.2, 0.25) is 0 Å². The second-order valence-electron chi connectivity index (χ2n) is 1.95. The molecule has 54 valence electrons. The Morgan fingerprint density at radius 3 is 2.89 bits per heavy atom. The third-order valence-corrected chi connectivity index (χ3v) is 1.58. The fourth-order valence-corrected chi connectivity index (χ4v) is 0.852. The molecule has 1 unspecified atom stereocenters. The van der Waals surface area contributed by atoms with Crippen molar-refractivity contribution in [2.75, 3.05) is 6.54 Å². The van der Waals surface area contributed by atoms with Crippen LogP contribution in [0.25, 0.3) is 0 Å². The van der Waals surface area contributed by atoms with Gasteiger partial charge in [-0.15, -0.1) is 0 Å². The molecule has 0 aliphatic carbocycles. The number of hydrogen-bond acceptors (Lipinski definition) is 3. The van der Waals surface area contributed by atoms with Crippen LogP contribution >= 0.6 is 0 Å². The van der Waals surface area contributed by atoms with Gasteiger partial charge in [0.05, 0.1) is 0 Å². The Bertz CT molecular complexity index is 62.9. The van der Waals surface area contributed by atoms with Crippen LogP contribution in [0, 0.1) is 0 Å². The van der Waals surface area contributed by atoms with Gasteiger partial charge in [0.15, 0.2) is 0 Å². The van der Waals surface area contributed by atoms with Gasteiger partial charge in [-0.25, -0.2) is 0 Å². The molecule has 3 N–H and O–H groups in total. The summed E-state index contributed by atoms with van der Waals surface area (Å²) in [4.78, 5) is 8.31. The molecule has 0 aromatic heterocycles. The molecule has 0 bridgehead atoms. The lowest BCUT2D eigenvalue weighted by Crippen LogP contribution is -2.13. The van der Waals surface area contributed by atoms with Gasteiger partial charge in [-0.2, -0.15) is 0 Å². The monoisotopic (exact) mass is 147 g/mol. The maximum absolute atomic E-state index is 8.31. The first-order valence-electron chi connectivity index (χ1n) is 3.06. The largest absolute Gasteiger partial charge is 0.430 e. The van der Waals surface area contributed by atoms with Crippen molar-refractivity contribution in [2.45, 2.75) is 25.9 Å². The Balaban J connectivity index is 2.95. The molecule has 0 spiro atoms. The van der Waals surface area contributed by atoms with Gasteiger partial charge in [-0.1, -0.05) is 0 Å². The molecule has 1 atom stereocenters. The Morgan fingerprint density at radius 1 is 1.78 bits per heavy atom. The molecule has 0 aromatic rings. The second-order valence-corrected chi connectivity index (χ2v) is 2.37. The Morgan fingerprint density at radius 2 is 2.44 bits per heavy atom. The van der Waals surface area contributed by atoms with E-state index in [2.05, 4.69) is 0 Å². The van der Waals surface area contributed by atoms with E-state index < -0.39 is 10.0 Å². The quantitative estimate of drug-likeness (QED) is 0.523. The first-order valence-corrected chi connectivity index (χ1v) is 3.91. The van der Waals surface area contributed by atoms with Crippen molar-refractivity contribution >= 4 is 10.0 Å². The summed E-state index contributed by atoms with van der Waals surface area (Å²) < 4.78 is 4.87. The zero-order valence-electron chi connectivity index (χ0n) is 5.63. The third kappa shape index (κ3) is 5.98. The van der Waals surface area contributed by atoms with Gasteiger partial charge in [0.25, 0.3) is 0 Å². The van der Waals surface area contributed by atoms with Gasteiger partial charge >= 0.3 is 10.0 Å². The highest BCUT2D eigenvalue weighted by Crippen LogP contribution is 1.97. The summed E-state index contributed by atoms with van der Waals surface area (Å²) in [6, 6.07) is 0. The van der Waals surface area contributed by atoms with Crippen LogP contribution in [0.5, 0.6) is 0 Å². The highest BCUT2D eigenvalue weighted by atomic mass is 28.2. The van der Waals surface area contributed by atoms with E-state index in [1.54, 1.807) is 0 Å². The van der Waals surface area contributed by atoms with Crippen molar-refractivity contribution in [2.24, 2.45) is 5.73 Å². The van der Waals surface area contributed by atoms with E-state index in [9.17, 15) is 0 Å². The number of rotatable bonds is 5. The fourth-order valence-electron chi connectivity index (χ4n) is 0.554. The van der Waals surface area contributed by atoms with Gasteiger partial charge in [-0.05, 0) is 26.3 Å². The summed E-state index contributed by atoms with van der Waals surface area (Å²) in [7, 11) is -0.391. The van der Waals surface area contributed by atoms with Crippen LogP contribution in [0.15, 0.2) is 0 Å². The fraction of sp³-hybridized carbons (Fsp3) is 1.00. The summed E-state index contributed by atoms with van der Waals surface area (Å²) in [5, 5.41) is 0. The van der Waals surface area contributed by atoms with E-state index in [1.807, 2.05) is 6.92 Å².